The average molecular weight is 209 g/mol. The van der Waals surface area contributed by atoms with Gasteiger partial charge < -0.3 is 10.5 Å². The Morgan fingerprint density at radius 3 is 2.27 bits per heavy atom. The standard InChI is InChI=1S/C11H19N3O/c1-8(15-11(2,3)4)9(12)10-13-6-5-7-14-10/h5-9H,12H2,1-4H3/t8-,9+/m1/s1. The van der Waals surface area contributed by atoms with E-state index in [0.717, 1.165) is 0 Å². The highest BCUT2D eigenvalue weighted by molar-refractivity contribution is 4.97. The van der Waals surface area contributed by atoms with Gasteiger partial charge in [-0.1, -0.05) is 0 Å². The molecule has 0 saturated heterocycles. The van der Waals surface area contributed by atoms with Gasteiger partial charge in [0, 0.05) is 12.4 Å². The fourth-order valence-electron chi connectivity index (χ4n) is 1.32. The van der Waals surface area contributed by atoms with Gasteiger partial charge in [-0.25, -0.2) is 9.97 Å². The Kier molecular flexibility index (Phi) is 3.77. The number of nitrogens with two attached hydrogens (primary N) is 1. The van der Waals surface area contributed by atoms with Gasteiger partial charge in [-0.3, -0.25) is 0 Å². The molecule has 0 aliphatic carbocycles. The van der Waals surface area contributed by atoms with E-state index in [2.05, 4.69) is 9.97 Å². The van der Waals surface area contributed by atoms with Crippen LogP contribution in [0.4, 0.5) is 0 Å². The molecule has 0 saturated carbocycles. The van der Waals surface area contributed by atoms with E-state index >= 15 is 0 Å². The lowest BCUT2D eigenvalue weighted by molar-refractivity contribution is -0.0627. The van der Waals surface area contributed by atoms with Crippen molar-refractivity contribution in [3.05, 3.63) is 24.3 Å². The van der Waals surface area contributed by atoms with Crippen molar-refractivity contribution in [3.63, 3.8) is 0 Å². The van der Waals surface area contributed by atoms with E-state index in [0.29, 0.717) is 5.82 Å². The summed E-state index contributed by atoms with van der Waals surface area (Å²) in [6, 6.07) is 1.48. The quantitative estimate of drug-likeness (QED) is 0.822. The zero-order valence-corrected chi connectivity index (χ0v) is 9.77. The molecule has 84 valence electrons. The lowest BCUT2D eigenvalue weighted by atomic mass is 10.1. The van der Waals surface area contributed by atoms with E-state index < -0.39 is 0 Å². The second-order valence-electron chi connectivity index (χ2n) is 4.57. The Morgan fingerprint density at radius 1 is 1.27 bits per heavy atom. The molecule has 0 amide bonds. The Labute approximate surface area is 90.9 Å². The van der Waals surface area contributed by atoms with Crippen molar-refractivity contribution in [2.75, 3.05) is 0 Å². The lowest BCUT2D eigenvalue weighted by Crippen LogP contribution is -2.34. The average Bonchev–Trinajstić information content (AvgIpc) is 2.15. The Morgan fingerprint density at radius 2 is 1.80 bits per heavy atom. The molecule has 1 rings (SSSR count). The molecule has 0 fully saturated rings. The summed E-state index contributed by atoms with van der Waals surface area (Å²) in [6.45, 7) is 7.94. The molecule has 0 bridgehead atoms. The summed E-state index contributed by atoms with van der Waals surface area (Å²) >= 11 is 0. The third-order valence-electron chi connectivity index (χ3n) is 1.93. The van der Waals surface area contributed by atoms with E-state index in [-0.39, 0.29) is 17.7 Å². The highest BCUT2D eigenvalue weighted by atomic mass is 16.5. The van der Waals surface area contributed by atoms with Crippen LogP contribution >= 0.6 is 0 Å². The maximum Gasteiger partial charge on any atom is 0.147 e. The molecule has 0 spiro atoms. The van der Waals surface area contributed by atoms with Crippen molar-refractivity contribution in [1.82, 2.24) is 9.97 Å². The summed E-state index contributed by atoms with van der Waals surface area (Å²) in [5.74, 6) is 0.620. The fraction of sp³-hybridized carbons (Fsp3) is 0.636. The van der Waals surface area contributed by atoms with Crippen LogP contribution in [-0.4, -0.2) is 21.7 Å². The summed E-state index contributed by atoms with van der Waals surface area (Å²) in [5, 5.41) is 0. The van der Waals surface area contributed by atoms with Crippen LogP contribution in [0.25, 0.3) is 0 Å². The van der Waals surface area contributed by atoms with Gasteiger partial charge in [0.05, 0.1) is 17.7 Å². The molecule has 0 aliphatic rings. The van der Waals surface area contributed by atoms with Crippen LogP contribution in [0.15, 0.2) is 18.5 Å². The van der Waals surface area contributed by atoms with Crippen molar-refractivity contribution < 1.29 is 4.74 Å². The van der Waals surface area contributed by atoms with Gasteiger partial charge in [0.25, 0.3) is 0 Å². The second-order valence-corrected chi connectivity index (χ2v) is 4.57. The van der Waals surface area contributed by atoms with E-state index in [1.165, 1.54) is 0 Å². The van der Waals surface area contributed by atoms with Crippen LogP contribution in [0, 0.1) is 0 Å². The van der Waals surface area contributed by atoms with Gasteiger partial charge in [-0.15, -0.1) is 0 Å². The number of ether oxygens (including phenoxy) is 1. The largest absolute Gasteiger partial charge is 0.371 e. The van der Waals surface area contributed by atoms with Crippen LogP contribution in [0.5, 0.6) is 0 Å². The smallest absolute Gasteiger partial charge is 0.147 e. The normalized spacial score (nSPS) is 16.1. The highest BCUT2D eigenvalue weighted by Crippen LogP contribution is 2.18. The number of rotatable bonds is 3. The third-order valence-corrected chi connectivity index (χ3v) is 1.93. The maximum atomic E-state index is 6.00. The molecule has 4 heteroatoms. The molecular formula is C11H19N3O. The molecule has 15 heavy (non-hydrogen) atoms. The first kappa shape index (κ1) is 12.1. The monoisotopic (exact) mass is 209 g/mol. The minimum atomic E-state index is -0.287. The number of nitrogens with zero attached hydrogens (tertiary/aromatic N) is 2. The molecular weight excluding hydrogens is 190 g/mol. The summed E-state index contributed by atoms with van der Waals surface area (Å²) in [7, 11) is 0. The maximum absolute atomic E-state index is 6.00. The van der Waals surface area contributed by atoms with E-state index in [9.17, 15) is 0 Å². The molecule has 0 unspecified atom stereocenters. The van der Waals surface area contributed by atoms with Gasteiger partial charge in [0.15, 0.2) is 0 Å². The number of hydrogen-bond donors (Lipinski definition) is 1. The van der Waals surface area contributed by atoms with Crippen molar-refractivity contribution in [2.45, 2.75) is 45.4 Å². The number of aromatic nitrogens is 2. The molecule has 0 radical (unpaired) electrons. The summed E-state index contributed by atoms with van der Waals surface area (Å²) < 4.78 is 5.75. The number of hydrogen-bond acceptors (Lipinski definition) is 4. The molecule has 2 N–H and O–H groups in total. The fourth-order valence-corrected chi connectivity index (χ4v) is 1.32. The van der Waals surface area contributed by atoms with Crippen LogP contribution in [0.3, 0.4) is 0 Å². The molecule has 1 heterocycles. The second kappa shape index (κ2) is 4.68. The predicted molar refractivity (Wildman–Crippen MR) is 59.3 cm³/mol. The van der Waals surface area contributed by atoms with E-state index in [4.69, 9.17) is 10.5 Å². The molecule has 0 aromatic carbocycles. The van der Waals surface area contributed by atoms with Crippen LogP contribution in [0.2, 0.25) is 0 Å². The van der Waals surface area contributed by atoms with Crippen molar-refractivity contribution in [1.29, 1.82) is 0 Å². The lowest BCUT2D eigenvalue weighted by Gasteiger charge is -2.28. The summed E-state index contributed by atoms with van der Waals surface area (Å²) in [6.07, 6.45) is 3.27. The van der Waals surface area contributed by atoms with Gasteiger partial charge >= 0.3 is 0 Å². The van der Waals surface area contributed by atoms with Crippen LogP contribution in [-0.2, 0) is 4.74 Å². The molecule has 1 aromatic heterocycles. The Balaban J connectivity index is 2.65. The van der Waals surface area contributed by atoms with Gasteiger partial charge in [0.2, 0.25) is 0 Å². The third kappa shape index (κ3) is 3.93. The topological polar surface area (TPSA) is 61.0 Å². The molecule has 2 atom stereocenters. The first-order chi connectivity index (χ1) is 6.90. The molecule has 4 nitrogen and oxygen atoms in total. The summed E-state index contributed by atoms with van der Waals surface area (Å²) in [5.41, 5.74) is 5.79. The van der Waals surface area contributed by atoms with Crippen molar-refractivity contribution in [2.24, 2.45) is 5.73 Å². The van der Waals surface area contributed by atoms with Gasteiger partial charge in [0.1, 0.15) is 5.82 Å². The SMILES string of the molecule is C[C@@H](OC(C)(C)C)[C@H](N)c1ncccn1. The van der Waals surface area contributed by atoms with Crippen molar-refractivity contribution in [3.8, 4) is 0 Å². The molecule has 1 aromatic rings. The van der Waals surface area contributed by atoms with Crippen LogP contribution < -0.4 is 5.73 Å². The van der Waals surface area contributed by atoms with Crippen LogP contribution in [0.1, 0.15) is 39.6 Å². The Hall–Kier alpha value is -1.00. The van der Waals surface area contributed by atoms with Gasteiger partial charge in [-0.2, -0.15) is 0 Å². The summed E-state index contributed by atoms with van der Waals surface area (Å²) in [4.78, 5) is 8.23. The molecule has 0 aliphatic heterocycles. The predicted octanol–water partition coefficient (Wildman–Crippen LogP) is 1.68. The Bertz CT molecular complexity index is 294. The van der Waals surface area contributed by atoms with E-state index in [1.807, 2.05) is 27.7 Å². The van der Waals surface area contributed by atoms with E-state index in [1.54, 1.807) is 18.5 Å². The minimum Gasteiger partial charge on any atom is -0.371 e. The zero-order chi connectivity index (χ0) is 11.5. The minimum absolute atomic E-state index is 0.104. The zero-order valence-electron chi connectivity index (χ0n) is 9.77. The first-order valence-corrected chi connectivity index (χ1v) is 5.10. The van der Waals surface area contributed by atoms with Gasteiger partial charge in [-0.05, 0) is 33.8 Å². The first-order valence-electron chi connectivity index (χ1n) is 5.10. The van der Waals surface area contributed by atoms with Crippen molar-refractivity contribution >= 4 is 0 Å². The highest BCUT2D eigenvalue weighted by Gasteiger charge is 2.23.